The predicted molar refractivity (Wildman–Crippen MR) is 91.7 cm³/mol. The number of para-hydroxylation sites is 2. The summed E-state index contributed by atoms with van der Waals surface area (Å²) in [6, 6.07) is 18.6. The van der Waals surface area contributed by atoms with Crippen LogP contribution in [0.25, 0.3) is 0 Å². The molecule has 0 aliphatic carbocycles. The van der Waals surface area contributed by atoms with Crippen molar-refractivity contribution in [3.05, 3.63) is 60.2 Å². The molecule has 0 aliphatic rings. The average Bonchev–Trinajstić information content (AvgIpc) is 2.57. The lowest BCUT2D eigenvalue weighted by Gasteiger charge is -2.13. The van der Waals surface area contributed by atoms with Gasteiger partial charge in [0.1, 0.15) is 12.4 Å². The van der Waals surface area contributed by atoms with Gasteiger partial charge in [-0.05, 0) is 37.5 Å². The van der Waals surface area contributed by atoms with E-state index in [9.17, 15) is 0 Å². The third kappa shape index (κ3) is 5.78. The fraction of sp³-hybridized carbons (Fsp3) is 0.368. The topological polar surface area (TPSA) is 30.5 Å². The highest BCUT2D eigenvalue weighted by Gasteiger charge is 2.02. The molecule has 1 N–H and O–H groups in total. The first-order valence-corrected chi connectivity index (χ1v) is 7.97. The molecule has 0 bridgehead atoms. The molecular weight excluding hydrogens is 274 g/mol. The van der Waals surface area contributed by atoms with Crippen LogP contribution in [0.5, 0.6) is 5.75 Å². The molecule has 2 rings (SSSR count). The van der Waals surface area contributed by atoms with Crippen LogP contribution in [0.15, 0.2) is 54.6 Å². The molecule has 3 heteroatoms. The molecule has 0 amide bonds. The summed E-state index contributed by atoms with van der Waals surface area (Å²) >= 11 is 0. The van der Waals surface area contributed by atoms with Gasteiger partial charge in [0, 0.05) is 13.2 Å². The van der Waals surface area contributed by atoms with E-state index in [0.717, 1.165) is 37.4 Å². The minimum atomic E-state index is 0.580. The minimum absolute atomic E-state index is 0.580. The van der Waals surface area contributed by atoms with Gasteiger partial charge in [-0.15, -0.1) is 0 Å². The van der Waals surface area contributed by atoms with Crippen molar-refractivity contribution in [1.82, 2.24) is 0 Å². The summed E-state index contributed by atoms with van der Waals surface area (Å²) in [5.41, 5.74) is 2.43. The van der Waals surface area contributed by atoms with E-state index in [1.165, 1.54) is 5.56 Å². The fourth-order valence-corrected chi connectivity index (χ4v) is 2.25. The Morgan fingerprint density at radius 2 is 1.68 bits per heavy atom. The van der Waals surface area contributed by atoms with Crippen LogP contribution in [0.2, 0.25) is 0 Å². The number of rotatable bonds is 10. The second kappa shape index (κ2) is 9.85. The molecule has 0 atom stereocenters. The van der Waals surface area contributed by atoms with E-state index in [2.05, 4.69) is 41.7 Å². The zero-order valence-corrected chi connectivity index (χ0v) is 13.3. The van der Waals surface area contributed by atoms with Gasteiger partial charge in [0.25, 0.3) is 0 Å². The van der Waals surface area contributed by atoms with E-state index in [-0.39, 0.29) is 0 Å². The van der Waals surface area contributed by atoms with Gasteiger partial charge < -0.3 is 14.8 Å². The average molecular weight is 299 g/mol. The van der Waals surface area contributed by atoms with Crippen LogP contribution in [0.3, 0.4) is 0 Å². The van der Waals surface area contributed by atoms with E-state index < -0.39 is 0 Å². The maximum Gasteiger partial charge on any atom is 0.142 e. The van der Waals surface area contributed by atoms with Crippen molar-refractivity contribution in [3.8, 4) is 5.75 Å². The molecule has 3 nitrogen and oxygen atoms in total. The summed E-state index contributed by atoms with van der Waals surface area (Å²) in [7, 11) is 0. The van der Waals surface area contributed by atoms with Crippen LogP contribution in [0.4, 0.5) is 5.69 Å². The third-order valence-electron chi connectivity index (χ3n) is 3.38. The highest BCUT2D eigenvalue weighted by atomic mass is 16.5. The summed E-state index contributed by atoms with van der Waals surface area (Å²) in [6.07, 6.45) is 2.18. The first-order valence-electron chi connectivity index (χ1n) is 7.97. The lowest BCUT2D eigenvalue weighted by atomic mass is 10.1. The molecule has 0 fully saturated rings. The Morgan fingerprint density at radius 3 is 2.50 bits per heavy atom. The Bertz CT molecular complexity index is 528. The number of anilines is 1. The molecule has 2 aromatic carbocycles. The number of benzene rings is 2. The van der Waals surface area contributed by atoms with Gasteiger partial charge in [-0.2, -0.15) is 0 Å². The molecule has 0 aromatic heterocycles. The van der Waals surface area contributed by atoms with Crippen molar-refractivity contribution in [2.45, 2.75) is 19.8 Å². The van der Waals surface area contributed by atoms with E-state index in [0.29, 0.717) is 13.2 Å². The minimum Gasteiger partial charge on any atom is -0.489 e. The van der Waals surface area contributed by atoms with Crippen molar-refractivity contribution in [2.24, 2.45) is 0 Å². The first kappa shape index (κ1) is 16.4. The van der Waals surface area contributed by atoms with Crippen molar-refractivity contribution < 1.29 is 9.47 Å². The molecule has 0 saturated heterocycles. The highest BCUT2D eigenvalue weighted by molar-refractivity contribution is 5.56. The zero-order chi connectivity index (χ0) is 15.5. The van der Waals surface area contributed by atoms with Crippen molar-refractivity contribution >= 4 is 5.69 Å². The number of ether oxygens (including phenoxy) is 2. The van der Waals surface area contributed by atoms with Crippen molar-refractivity contribution in [1.29, 1.82) is 0 Å². The number of aryl methyl sites for hydroxylation is 1. The molecular formula is C19H25NO2. The molecule has 0 radical (unpaired) electrons. The molecule has 0 aliphatic heterocycles. The number of hydrogen-bond donors (Lipinski definition) is 1. The Kier molecular flexibility index (Phi) is 7.33. The Hall–Kier alpha value is -2.00. The summed E-state index contributed by atoms with van der Waals surface area (Å²) in [5, 5.41) is 3.46. The van der Waals surface area contributed by atoms with E-state index in [4.69, 9.17) is 9.47 Å². The summed E-state index contributed by atoms with van der Waals surface area (Å²) in [4.78, 5) is 0. The van der Waals surface area contributed by atoms with Gasteiger partial charge in [-0.1, -0.05) is 42.5 Å². The SMILES string of the molecule is CCOCCOc1ccccc1NCCCc1ccccc1. The number of hydrogen-bond acceptors (Lipinski definition) is 3. The molecule has 0 saturated carbocycles. The van der Waals surface area contributed by atoms with Crippen LogP contribution in [-0.2, 0) is 11.2 Å². The normalized spacial score (nSPS) is 10.4. The molecule has 0 spiro atoms. The van der Waals surface area contributed by atoms with Crippen LogP contribution in [-0.4, -0.2) is 26.4 Å². The van der Waals surface area contributed by atoms with Gasteiger partial charge in [0.05, 0.1) is 12.3 Å². The van der Waals surface area contributed by atoms with Crippen LogP contribution >= 0.6 is 0 Å². The second-order valence-electron chi connectivity index (χ2n) is 5.06. The fourth-order valence-electron chi connectivity index (χ4n) is 2.25. The van der Waals surface area contributed by atoms with Gasteiger partial charge in [0.15, 0.2) is 0 Å². The standard InChI is InChI=1S/C19H25NO2/c1-2-21-15-16-22-19-13-7-6-12-18(19)20-14-8-11-17-9-4-3-5-10-17/h3-7,9-10,12-13,20H,2,8,11,14-16H2,1H3. The van der Waals surface area contributed by atoms with E-state index in [1.54, 1.807) is 0 Å². The molecule has 118 valence electrons. The monoisotopic (exact) mass is 299 g/mol. The Morgan fingerprint density at radius 1 is 0.909 bits per heavy atom. The summed E-state index contributed by atoms with van der Waals surface area (Å²) in [6.45, 7) is 4.85. The predicted octanol–water partition coefficient (Wildman–Crippen LogP) is 4.15. The molecule has 0 unspecified atom stereocenters. The number of nitrogens with one attached hydrogen (secondary N) is 1. The van der Waals surface area contributed by atoms with E-state index >= 15 is 0 Å². The van der Waals surface area contributed by atoms with Crippen molar-refractivity contribution in [3.63, 3.8) is 0 Å². The van der Waals surface area contributed by atoms with Crippen LogP contribution < -0.4 is 10.1 Å². The smallest absolute Gasteiger partial charge is 0.142 e. The Balaban J connectivity index is 1.74. The second-order valence-corrected chi connectivity index (χ2v) is 5.06. The molecule has 2 aromatic rings. The summed E-state index contributed by atoms with van der Waals surface area (Å²) in [5.74, 6) is 0.891. The van der Waals surface area contributed by atoms with Gasteiger partial charge in [-0.25, -0.2) is 0 Å². The van der Waals surface area contributed by atoms with Gasteiger partial charge in [0.2, 0.25) is 0 Å². The van der Waals surface area contributed by atoms with Gasteiger partial charge >= 0.3 is 0 Å². The Labute approximate surface area is 133 Å². The maximum absolute atomic E-state index is 5.77. The van der Waals surface area contributed by atoms with Gasteiger partial charge in [-0.3, -0.25) is 0 Å². The van der Waals surface area contributed by atoms with Crippen LogP contribution in [0.1, 0.15) is 18.9 Å². The first-order chi connectivity index (χ1) is 10.9. The quantitative estimate of drug-likeness (QED) is 0.669. The van der Waals surface area contributed by atoms with Crippen LogP contribution in [0, 0.1) is 0 Å². The maximum atomic E-state index is 5.77. The third-order valence-corrected chi connectivity index (χ3v) is 3.38. The zero-order valence-electron chi connectivity index (χ0n) is 13.3. The lowest BCUT2D eigenvalue weighted by molar-refractivity contribution is 0.110. The lowest BCUT2D eigenvalue weighted by Crippen LogP contribution is -2.09. The van der Waals surface area contributed by atoms with Crippen molar-refractivity contribution in [2.75, 3.05) is 31.7 Å². The largest absolute Gasteiger partial charge is 0.489 e. The van der Waals surface area contributed by atoms with E-state index in [1.807, 2.05) is 25.1 Å². The summed E-state index contributed by atoms with van der Waals surface area (Å²) < 4.78 is 11.1. The molecule has 0 heterocycles. The highest BCUT2D eigenvalue weighted by Crippen LogP contribution is 2.23. The molecule has 22 heavy (non-hydrogen) atoms.